The standard InChI is InChI=1S/C17H21N5O3/c1-11-8-15(21-25-11)20-16(23)10-19-13-9-12(17(18)24)4-5-14(13)22-6-2-3-7-22/h4-5,8-9,19H,2-3,6-7,10H2,1H3,(H2,18,24)(H,20,21,23). The third-order valence-electron chi connectivity index (χ3n) is 4.06. The van der Waals surface area contributed by atoms with Gasteiger partial charge in [-0.05, 0) is 38.0 Å². The molecule has 132 valence electrons. The summed E-state index contributed by atoms with van der Waals surface area (Å²) in [6, 6.07) is 6.90. The smallest absolute Gasteiger partial charge is 0.248 e. The summed E-state index contributed by atoms with van der Waals surface area (Å²) in [5, 5.41) is 9.46. The van der Waals surface area contributed by atoms with Gasteiger partial charge in [0.2, 0.25) is 11.8 Å². The average Bonchev–Trinajstić information content (AvgIpc) is 3.24. The number of nitrogens with one attached hydrogen (secondary N) is 2. The van der Waals surface area contributed by atoms with Gasteiger partial charge in [-0.15, -0.1) is 0 Å². The van der Waals surface area contributed by atoms with E-state index in [1.807, 2.05) is 6.07 Å². The first-order valence-electron chi connectivity index (χ1n) is 8.19. The molecule has 1 aliphatic heterocycles. The lowest BCUT2D eigenvalue weighted by atomic mass is 10.1. The van der Waals surface area contributed by atoms with Gasteiger partial charge in [0, 0.05) is 24.7 Å². The second kappa shape index (κ2) is 7.25. The van der Waals surface area contributed by atoms with Crippen LogP contribution in [-0.2, 0) is 4.79 Å². The largest absolute Gasteiger partial charge is 0.374 e. The number of rotatable bonds is 6. The minimum absolute atomic E-state index is 0.0367. The summed E-state index contributed by atoms with van der Waals surface area (Å²) in [6.07, 6.45) is 2.26. The molecule has 2 aromatic rings. The highest BCUT2D eigenvalue weighted by atomic mass is 16.5. The first-order chi connectivity index (χ1) is 12.0. The van der Waals surface area contributed by atoms with E-state index in [2.05, 4.69) is 20.7 Å². The van der Waals surface area contributed by atoms with Crippen molar-refractivity contribution in [1.29, 1.82) is 0 Å². The number of hydrogen-bond donors (Lipinski definition) is 3. The van der Waals surface area contributed by atoms with Crippen LogP contribution in [0.5, 0.6) is 0 Å². The van der Waals surface area contributed by atoms with E-state index in [9.17, 15) is 9.59 Å². The highest BCUT2D eigenvalue weighted by Gasteiger charge is 2.17. The molecule has 1 aromatic heterocycles. The molecule has 4 N–H and O–H groups in total. The van der Waals surface area contributed by atoms with E-state index in [1.165, 1.54) is 0 Å². The fraction of sp³-hybridized carbons (Fsp3) is 0.353. The van der Waals surface area contributed by atoms with E-state index in [4.69, 9.17) is 10.3 Å². The fourth-order valence-corrected chi connectivity index (χ4v) is 2.85. The highest BCUT2D eigenvalue weighted by molar-refractivity contribution is 5.96. The third kappa shape index (κ3) is 4.09. The van der Waals surface area contributed by atoms with Crippen molar-refractivity contribution >= 4 is 29.0 Å². The lowest BCUT2D eigenvalue weighted by molar-refractivity contribution is -0.114. The van der Waals surface area contributed by atoms with Crippen molar-refractivity contribution in [2.75, 3.05) is 35.2 Å². The van der Waals surface area contributed by atoms with Gasteiger partial charge in [0.05, 0.1) is 17.9 Å². The zero-order chi connectivity index (χ0) is 17.8. The topological polar surface area (TPSA) is 113 Å². The van der Waals surface area contributed by atoms with Crippen LogP contribution in [0, 0.1) is 6.92 Å². The van der Waals surface area contributed by atoms with Crippen molar-refractivity contribution in [3.8, 4) is 0 Å². The van der Waals surface area contributed by atoms with Crippen molar-refractivity contribution in [1.82, 2.24) is 5.16 Å². The molecule has 8 nitrogen and oxygen atoms in total. The van der Waals surface area contributed by atoms with E-state index in [0.29, 0.717) is 22.8 Å². The maximum atomic E-state index is 12.1. The number of anilines is 3. The van der Waals surface area contributed by atoms with Gasteiger partial charge in [0.1, 0.15) is 5.76 Å². The number of carbonyl (C=O) groups excluding carboxylic acids is 2. The molecule has 0 unspecified atom stereocenters. The van der Waals surface area contributed by atoms with E-state index in [1.54, 1.807) is 25.1 Å². The minimum atomic E-state index is -0.501. The Bertz CT molecular complexity index is 780. The molecular formula is C17H21N5O3. The minimum Gasteiger partial charge on any atom is -0.374 e. The van der Waals surface area contributed by atoms with Crippen LogP contribution in [0.1, 0.15) is 29.0 Å². The summed E-state index contributed by atoms with van der Waals surface area (Å²) in [5.41, 5.74) is 7.45. The van der Waals surface area contributed by atoms with Gasteiger partial charge in [0.25, 0.3) is 0 Å². The quantitative estimate of drug-likeness (QED) is 0.736. The number of nitrogens with zero attached hydrogens (tertiary/aromatic N) is 2. The molecule has 0 bridgehead atoms. The number of hydrogen-bond acceptors (Lipinski definition) is 6. The lowest BCUT2D eigenvalue weighted by Gasteiger charge is -2.22. The van der Waals surface area contributed by atoms with Gasteiger partial charge in [-0.3, -0.25) is 9.59 Å². The summed E-state index contributed by atoms with van der Waals surface area (Å²) in [7, 11) is 0. The van der Waals surface area contributed by atoms with E-state index in [0.717, 1.165) is 31.6 Å². The van der Waals surface area contributed by atoms with Crippen LogP contribution in [0.25, 0.3) is 0 Å². The Morgan fingerprint density at radius 3 is 2.68 bits per heavy atom. The van der Waals surface area contributed by atoms with Crippen molar-refractivity contribution in [3.63, 3.8) is 0 Å². The van der Waals surface area contributed by atoms with Crippen LogP contribution in [0.3, 0.4) is 0 Å². The molecule has 0 aliphatic carbocycles. The predicted molar refractivity (Wildman–Crippen MR) is 94.8 cm³/mol. The summed E-state index contributed by atoms with van der Waals surface area (Å²) < 4.78 is 4.91. The van der Waals surface area contributed by atoms with Crippen LogP contribution < -0.4 is 21.3 Å². The molecule has 8 heteroatoms. The number of nitrogens with two attached hydrogens (primary N) is 1. The Balaban J connectivity index is 1.71. The van der Waals surface area contributed by atoms with Gasteiger partial charge in [0.15, 0.2) is 5.82 Å². The number of amides is 2. The Morgan fingerprint density at radius 2 is 2.04 bits per heavy atom. The highest BCUT2D eigenvalue weighted by Crippen LogP contribution is 2.30. The van der Waals surface area contributed by atoms with Crippen molar-refractivity contribution in [2.24, 2.45) is 5.73 Å². The van der Waals surface area contributed by atoms with Crippen LogP contribution in [0.15, 0.2) is 28.8 Å². The number of aromatic nitrogens is 1. The van der Waals surface area contributed by atoms with Crippen molar-refractivity contribution < 1.29 is 14.1 Å². The number of benzene rings is 1. The first kappa shape index (κ1) is 16.8. The zero-order valence-electron chi connectivity index (χ0n) is 14.0. The summed E-state index contributed by atoms with van der Waals surface area (Å²) in [6.45, 7) is 3.69. The van der Waals surface area contributed by atoms with Gasteiger partial charge >= 0.3 is 0 Å². The molecule has 3 rings (SSSR count). The van der Waals surface area contributed by atoms with Gasteiger partial charge in [-0.1, -0.05) is 5.16 Å². The number of carbonyl (C=O) groups is 2. The summed E-state index contributed by atoms with van der Waals surface area (Å²) in [5.74, 6) is 0.229. The van der Waals surface area contributed by atoms with E-state index >= 15 is 0 Å². The number of primary amides is 1. The molecule has 25 heavy (non-hydrogen) atoms. The summed E-state index contributed by atoms with van der Waals surface area (Å²) >= 11 is 0. The van der Waals surface area contributed by atoms with Crippen molar-refractivity contribution in [2.45, 2.75) is 19.8 Å². The molecule has 2 amide bonds. The molecule has 0 spiro atoms. The van der Waals surface area contributed by atoms with Gasteiger partial charge < -0.3 is 25.8 Å². The third-order valence-corrected chi connectivity index (χ3v) is 4.06. The molecular weight excluding hydrogens is 322 g/mol. The zero-order valence-corrected chi connectivity index (χ0v) is 14.0. The van der Waals surface area contributed by atoms with Crippen LogP contribution in [-0.4, -0.2) is 36.6 Å². The Kier molecular flexibility index (Phi) is 4.87. The molecule has 1 aliphatic rings. The van der Waals surface area contributed by atoms with Crippen molar-refractivity contribution in [3.05, 3.63) is 35.6 Å². The molecule has 1 aromatic carbocycles. The normalized spacial score (nSPS) is 13.7. The van der Waals surface area contributed by atoms with Crippen LogP contribution in [0.4, 0.5) is 17.2 Å². The molecule has 0 atom stereocenters. The Hall–Kier alpha value is -3.03. The second-order valence-electron chi connectivity index (χ2n) is 6.01. The molecule has 0 radical (unpaired) electrons. The first-order valence-corrected chi connectivity index (χ1v) is 8.19. The monoisotopic (exact) mass is 343 g/mol. The van der Waals surface area contributed by atoms with Crippen LogP contribution in [0.2, 0.25) is 0 Å². The number of aryl methyl sites for hydroxylation is 1. The maximum absolute atomic E-state index is 12.1. The van der Waals surface area contributed by atoms with E-state index in [-0.39, 0.29) is 12.5 Å². The Labute approximate surface area is 145 Å². The lowest BCUT2D eigenvalue weighted by Crippen LogP contribution is -2.25. The fourth-order valence-electron chi connectivity index (χ4n) is 2.85. The Morgan fingerprint density at radius 1 is 1.28 bits per heavy atom. The summed E-state index contributed by atoms with van der Waals surface area (Å²) in [4.78, 5) is 25.8. The SMILES string of the molecule is Cc1cc(NC(=O)CNc2cc(C(N)=O)ccc2N2CCCC2)no1. The molecule has 0 saturated carbocycles. The van der Waals surface area contributed by atoms with Gasteiger partial charge in [-0.25, -0.2) is 0 Å². The molecule has 1 saturated heterocycles. The molecule has 2 heterocycles. The predicted octanol–water partition coefficient (Wildman–Crippen LogP) is 1.73. The van der Waals surface area contributed by atoms with Gasteiger partial charge in [-0.2, -0.15) is 0 Å². The van der Waals surface area contributed by atoms with E-state index < -0.39 is 5.91 Å². The second-order valence-corrected chi connectivity index (χ2v) is 6.01. The average molecular weight is 343 g/mol. The van der Waals surface area contributed by atoms with Crippen LogP contribution >= 0.6 is 0 Å². The maximum Gasteiger partial charge on any atom is 0.248 e. The molecule has 1 fully saturated rings.